The zero-order valence-corrected chi connectivity index (χ0v) is 13.4. The number of nitrogens with zero attached hydrogens (tertiary/aromatic N) is 2. The largest absolute Gasteiger partial charge is 0.496 e. The Bertz CT molecular complexity index is 873. The van der Waals surface area contributed by atoms with Gasteiger partial charge >= 0.3 is 5.69 Å². The Labute approximate surface area is 145 Å². The number of methoxy groups -OCH3 is 1. The second-order valence-electron chi connectivity index (χ2n) is 4.97. The lowest BCUT2D eigenvalue weighted by Gasteiger charge is -2.09. The number of halogens is 1. The average molecular weight is 364 g/mol. The first-order valence-electron chi connectivity index (χ1n) is 7.12. The third-order valence-corrected chi connectivity index (χ3v) is 3.27. The molecule has 0 unspecified atom stereocenters. The molecule has 0 saturated carbocycles. The van der Waals surface area contributed by atoms with E-state index >= 15 is 0 Å². The average Bonchev–Trinajstić information content (AvgIpc) is 2.60. The van der Waals surface area contributed by atoms with Gasteiger partial charge in [0.05, 0.1) is 29.6 Å². The van der Waals surface area contributed by atoms with Crippen molar-refractivity contribution in [1.82, 2.24) is 0 Å². The molecule has 0 heterocycles. The van der Waals surface area contributed by atoms with Gasteiger partial charge in [0.2, 0.25) is 11.7 Å². The highest BCUT2D eigenvalue weighted by Gasteiger charge is 2.18. The topological polar surface area (TPSA) is 137 Å². The minimum Gasteiger partial charge on any atom is -0.496 e. The van der Waals surface area contributed by atoms with Crippen molar-refractivity contribution >= 4 is 28.7 Å². The fourth-order valence-corrected chi connectivity index (χ4v) is 2.03. The highest BCUT2D eigenvalue weighted by molar-refractivity contribution is 5.95. The van der Waals surface area contributed by atoms with Crippen LogP contribution in [0.2, 0.25) is 0 Å². The zero-order chi connectivity index (χ0) is 19.3. The van der Waals surface area contributed by atoms with E-state index in [4.69, 9.17) is 4.74 Å². The van der Waals surface area contributed by atoms with Gasteiger partial charge in [0, 0.05) is 11.8 Å². The summed E-state index contributed by atoms with van der Waals surface area (Å²) in [4.78, 5) is 32.2. The van der Waals surface area contributed by atoms with Gasteiger partial charge in [-0.25, -0.2) is 0 Å². The Balaban J connectivity index is 2.07. The van der Waals surface area contributed by atoms with Crippen LogP contribution in [0.5, 0.6) is 5.75 Å². The number of nitro benzene ring substituents is 2. The predicted molar refractivity (Wildman–Crippen MR) is 89.8 cm³/mol. The van der Waals surface area contributed by atoms with Crippen molar-refractivity contribution < 1.29 is 23.8 Å². The van der Waals surface area contributed by atoms with Gasteiger partial charge in [-0.3, -0.25) is 25.0 Å². The quantitative estimate of drug-likeness (QED) is 0.569. The first kappa shape index (κ1) is 18.6. The summed E-state index contributed by atoms with van der Waals surface area (Å²) in [6, 6.07) is 6.99. The number of hydrogen-bond donors (Lipinski definition) is 2. The number of carbonyl (C=O) groups is 1. The van der Waals surface area contributed by atoms with Gasteiger partial charge < -0.3 is 15.4 Å². The second-order valence-corrected chi connectivity index (χ2v) is 4.97. The smallest absolute Gasteiger partial charge is 0.306 e. The van der Waals surface area contributed by atoms with E-state index in [1.165, 1.54) is 25.3 Å². The lowest BCUT2D eigenvalue weighted by molar-refractivity contribution is -0.387. The van der Waals surface area contributed by atoms with E-state index < -0.39 is 27.3 Å². The standard InChI is InChI=1S/C15H13FN4O6/c1-26-10-3-5-12(14(7-10)20(24)25)18-15(21)8-17-9-2-4-11(16)13(6-9)19(22)23/h2-7,17H,8H2,1H3,(H,18,21). The number of nitro groups is 2. The predicted octanol–water partition coefficient (Wildman–Crippen LogP) is 2.70. The normalized spacial score (nSPS) is 10.1. The number of amides is 1. The molecule has 0 radical (unpaired) electrons. The lowest BCUT2D eigenvalue weighted by Crippen LogP contribution is -2.22. The molecule has 0 bridgehead atoms. The van der Waals surface area contributed by atoms with Crippen molar-refractivity contribution in [2.45, 2.75) is 0 Å². The number of nitrogens with one attached hydrogen (secondary N) is 2. The highest BCUT2D eigenvalue weighted by atomic mass is 19.1. The number of benzene rings is 2. The van der Waals surface area contributed by atoms with Gasteiger partial charge in [-0.2, -0.15) is 4.39 Å². The van der Waals surface area contributed by atoms with Crippen molar-refractivity contribution in [3.63, 3.8) is 0 Å². The summed E-state index contributed by atoms with van der Waals surface area (Å²) >= 11 is 0. The monoisotopic (exact) mass is 364 g/mol. The Morgan fingerprint density at radius 3 is 2.42 bits per heavy atom. The molecule has 1 amide bonds. The van der Waals surface area contributed by atoms with Crippen molar-refractivity contribution in [2.75, 3.05) is 24.3 Å². The van der Waals surface area contributed by atoms with Crippen LogP contribution in [-0.2, 0) is 4.79 Å². The molecule has 0 atom stereocenters. The minimum atomic E-state index is -1.00. The summed E-state index contributed by atoms with van der Waals surface area (Å²) in [7, 11) is 1.35. The third-order valence-electron chi connectivity index (χ3n) is 3.27. The summed E-state index contributed by atoms with van der Waals surface area (Å²) in [5, 5.41) is 26.7. The SMILES string of the molecule is COc1ccc(NC(=O)CNc2ccc(F)c([N+](=O)[O-])c2)c([N+](=O)[O-])c1. The molecule has 0 aromatic heterocycles. The molecule has 2 aromatic carbocycles. The Morgan fingerprint density at radius 2 is 1.81 bits per heavy atom. The molecule has 0 spiro atoms. The number of carbonyl (C=O) groups excluding carboxylic acids is 1. The molecule has 0 fully saturated rings. The number of rotatable bonds is 7. The summed E-state index contributed by atoms with van der Waals surface area (Å²) in [6.45, 7) is -0.341. The van der Waals surface area contributed by atoms with Crippen molar-refractivity contribution in [3.05, 3.63) is 62.4 Å². The number of anilines is 2. The molecule has 26 heavy (non-hydrogen) atoms. The van der Waals surface area contributed by atoms with E-state index in [0.717, 1.165) is 18.2 Å². The Hall–Kier alpha value is -3.76. The third kappa shape index (κ3) is 4.41. The van der Waals surface area contributed by atoms with Gasteiger partial charge in [-0.1, -0.05) is 0 Å². The minimum absolute atomic E-state index is 0.0345. The van der Waals surface area contributed by atoms with Crippen LogP contribution in [0.15, 0.2) is 36.4 Å². The molecule has 2 N–H and O–H groups in total. The zero-order valence-electron chi connectivity index (χ0n) is 13.4. The van der Waals surface area contributed by atoms with Gasteiger partial charge in [0.1, 0.15) is 11.4 Å². The van der Waals surface area contributed by atoms with E-state index in [-0.39, 0.29) is 29.4 Å². The van der Waals surface area contributed by atoms with E-state index in [0.29, 0.717) is 0 Å². The Morgan fingerprint density at radius 1 is 1.12 bits per heavy atom. The molecule has 0 saturated heterocycles. The molecule has 2 aromatic rings. The van der Waals surface area contributed by atoms with Crippen molar-refractivity contribution in [1.29, 1.82) is 0 Å². The molecule has 2 rings (SSSR count). The van der Waals surface area contributed by atoms with Crippen LogP contribution >= 0.6 is 0 Å². The summed E-state index contributed by atoms with van der Waals surface area (Å²) in [6.07, 6.45) is 0. The maximum Gasteiger partial charge on any atom is 0.306 e. The summed E-state index contributed by atoms with van der Waals surface area (Å²) < 4.78 is 18.2. The van der Waals surface area contributed by atoms with E-state index in [2.05, 4.69) is 10.6 Å². The van der Waals surface area contributed by atoms with Crippen molar-refractivity contribution in [3.8, 4) is 5.75 Å². The molecular weight excluding hydrogens is 351 g/mol. The van der Waals surface area contributed by atoms with Crippen LogP contribution in [0, 0.1) is 26.0 Å². The highest BCUT2D eigenvalue weighted by Crippen LogP contribution is 2.29. The van der Waals surface area contributed by atoms with Gasteiger partial charge in [-0.15, -0.1) is 0 Å². The molecule has 11 heteroatoms. The Kier molecular flexibility index (Phi) is 5.63. The first-order chi connectivity index (χ1) is 12.3. The van der Waals surface area contributed by atoms with E-state index in [9.17, 15) is 29.4 Å². The van der Waals surface area contributed by atoms with Crippen LogP contribution in [0.3, 0.4) is 0 Å². The fourth-order valence-electron chi connectivity index (χ4n) is 2.03. The summed E-state index contributed by atoms with van der Waals surface area (Å²) in [5.41, 5.74) is -0.971. The molecule has 10 nitrogen and oxygen atoms in total. The first-order valence-corrected chi connectivity index (χ1v) is 7.12. The van der Waals surface area contributed by atoms with Crippen LogP contribution in [0.25, 0.3) is 0 Å². The van der Waals surface area contributed by atoms with Crippen LogP contribution in [-0.4, -0.2) is 29.4 Å². The molecule has 0 aliphatic carbocycles. The van der Waals surface area contributed by atoms with Crippen LogP contribution in [0.4, 0.5) is 27.1 Å². The van der Waals surface area contributed by atoms with Crippen LogP contribution < -0.4 is 15.4 Å². The maximum absolute atomic E-state index is 13.3. The van der Waals surface area contributed by atoms with E-state index in [1.807, 2.05) is 0 Å². The van der Waals surface area contributed by atoms with E-state index in [1.54, 1.807) is 0 Å². The molecular formula is C15H13FN4O6. The molecule has 0 aliphatic heterocycles. The molecule has 136 valence electrons. The number of hydrogen-bond acceptors (Lipinski definition) is 7. The van der Waals surface area contributed by atoms with Gasteiger partial charge in [0.25, 0.3) is 5.69 Å². The number of ether oxygens (including phenoxy) is 1. The van der Waals surface area contributed by atoms with Crippen LogP contribution in [0.1, 0.15) is 0 Å². The lowest BCUT2D eigenvalue weighted by atomic mass is 10.2. The maximum atomic E-state index is 13.3. The molecule has 0 aliphatic rings. The fraction of sp³-hybridized carbons (Fsp3) is 0.133. The second kappa shape index (κ2) is 7.88. The summed E-state index contributed by atoms with van der Waals surface area (Å²) in [5.74, 6) is -1.38. The van der Waals surface area contributed by atoms with Gasteiger partial charge in [-0.05, 0) is 24.3 Å². The van der Waals surface area contributed by atoms with Crippen molar-refractivity contribution in [2.24, 2.45) is 0 Å². The van der Waals surface area contributed by atoms with Gasteiger partial charge in [0.15, 0.2) is 0 Å².